The molecule has 0 saturated heterocycles. The molecule has 0 aliphatic carbocycles. The first-order valence-electron chi connectivity index (χ1n) is 9.47. The Morgan fingerprint density at radius 2 is 1.81 bits per heavy atom. The van der Waals surface area contributed by atoms with Crippen molar-refractivity contribution in [1.29, 1.82) is 0 Å². The fourth-order valence-corrected chi connectivity index (χ4v) is 4.37. The molecule has 0 spiro atoms. The van der Waals surface area contributed by atoms with E-state index >= 15 is 0 Å². The normalized spacial score (nSPS) is 15.4. The average Bonchev–Trinajstić information content (AvgIpc) is 3.07. The standard InChI is InChI=1S/C24H15BrClNO4/c1-30-17-4-2-3-16(12-17)27-21(13-5-7-14(25)8-6-13)20-22(28)18-11-15(26)9-10-19(18)31-23(20)24(27)29/h2-12,21H,1H3. The monoisotopic (exact) mass is 495 g/mol. The lowest BCUT2D eigenvalue weighted by Crippen LogP contribution is -2.29. The third-order valence-corrected chi connectivity index (χ3v) is 6.11. The maximum absolute atomic E-state index is 13.5. The van der Waals surface area contributed by atoms with Crippen molar-refractivity contribution in [3.8, 4) is 5.75 Å². The van der Waals surface area contributed by atoms with Gasteiger partial charge in [-0.05, 0) is 48.0 Å². The van der Waals surface area contributed by atoms with Gasteiger partial charge in [-0.2, -0.15) is 0 Å². The predicted molar refractivity (Wildman–Crippen MR) is 123 cm³/mol. The molecule has 0 saturated carbocycles. The minimum Gasteiger partial charge on any atom is -0.497 e. The van der Waals surface area contributed by atoms with Crippen molar-refractivity contribution in [2.24, 2.45) is 0 Å². The van der Waals surface area contributed by atoms with E-state index in [1.165, 1.54) is 0 Å². The van der Waals surface area contributed by atoms with Crippen LogP contribution in [-0.2, 0) is 0 Å². The number of anilines is 1. The molecule has 0 bridgehead atoms. The molecule has 1 aliphatic rings. The first-order chi connectivity index (χ1) is 15.0. The summed E-state index contributed by atoms with van der Waals surface area (Å²) in [7, 11) is 1.56. The summed E-state index contributed by atoms with van der Waals surface area (Å²) in [6.07, 6.45) is 0. The summed E-state index contributed by atoms with van der Waals surface area (Å²) in [5.74, 6) is 0.257. The van der Waals surface area contributed by atoms with Crippen molar-refractivity contribution in [1.82, 2.24) is 0 Å². The Morgan fingerprint density at radius 3 is 2.55 bits per heavy atom. The molecule has 7 heteroatoms. The molecule has 1 aliphatic heterocycles. The molecule has 154 valence electrons. The maximum Gasteiger partial charge on any atom is 0.295 e. The van der Waals surface area contributed by atoms with E-state index in [0.29, 0.717) is 33.0 Å². The Kier molecular flexibility index (Phi) is 4.84. The highest BCUT2D eigenvalue weighted by atomic mass is 79.9. The number of ether oxygens (including phenoxy) is 1. The van der Waals surface area contributed by atoms with E-state index in [9.17, 15) is 9.59 Å². The molecular weight excluding hydrogens is 482 g/mol. The topological polar surface area (TPSA) is 59.8 Å². The molecule has 1 unspecified atom stereocenters. The van der Waals surface area contributed by atoms with Gasteiger partial charge in [0.15, 0.2) is 5.43 Å². The number of hydrogen-bond donors (Lipinski definition) is 0. The number of carbonyl (C=O) groups is 1. The summed E-state index contributed by atoms with van der Waals surface area (Å²) in [5.41, 5.74) is 1.73. The lowest BCUT2D eigenvalue weighted by atomic mass is 9.98. The number of methoxy groups -OCH3 is 1. The van der Waals surface area contributed by atoms with Gasteiger partial charge in [0.1, 0.15) is 11.3 Å². The van der Waals surface area contributed by atoms with Crippen LogP contribution in [0, 0.1) is 0 Å². The molecule has 3 aromatic carbocycles. The Bertz CT molecular complexity index is 1400. The van der Waals surface area contributed by atoms with E-state index in [-0.39, 0.29) is 17.1 Å². The molecule has 0 N–H and O–H groups in total. The van der Waals surface area contributed by atoms with Gasteiger partial charge >= 0.3 is 0 Å². The van der Waals surface area contributed by atoms with E-state index in [4.69, 9.17) is 20.8 Å². The largest absolute Gasteiger partial charge is 0.497 e. The number of halogens is 2. The number of nitrogens with zero attached hydrogens (tertiary/aromatic N) is 1. The van der Waals surface area contributed by atoms with Crippen molar-refractivity contribution < 1.29 is 13.9 Å². The zero-order valence-corrected chi connectivity index (χ0v) is 18.6. The van der Waals surface area contributed by atoms with Crippen molar-refractivity contribution in [3.63, 3.8) is 0 Å². The smallest absolute Gasteiger partial charge is 0.295 e. The molecule has 1 aromatic heterocycles. The molecule has 31 heavy (non-hydrogen) atoms. The van der Waals surface area contributed by atoms with E-state index in [2.05, 4.69) is 15.9 Å². The van der Waals surface area contributed by atoms with Crippen molar-refractivity contribution in [2.75, 3.05) is 12.0 Å². The Hall–Kier alpha value is -3.09. The zero-order chi connectivity index (χ0) is 21.7. The average molecular weight is 497 g/mol. The number of amides is 1. The first kappa shape index (κ1) is 19.8. The van der Waals surface area contributed by atoms with Crippen molar-refractivity contribution >= 4 is 50.1 Å². The molecule has 5 nitrogen and oxygen atoms in total. The van der Waals surface area contributed by atoms with Crippen LogP contribution in [0.15, 0.2) is 80.4 Å². The highest BCUT2D eigenvalue weighted by molar-refractivity contribution is 9.10. The van der Waals surface area contributed by atoms with Crippen LogP contribution < -0.4 is 15.1 Å². The highest BCUT2D eigenvalue weighted by Gasteiger charge is 2.43. The van der Waals surface area contributed by atoms with Crippen LogP contribution in [0.3, 0.4) is 0 Å². The number of benzene rings is 3. The van der Waals surface area contributed by atoms with E-state index in [1.807, 2.05) is 24.3 Å². The van der Waals surface area contributed by atoms with Gasteiger partial charge in [0.25, 0.3) is 5.91 Å². The second kappa shape index (κ2) is 7.55. The maximum atomic E-state index is 13.5. The zero-order valence-electron chi connectivity index (χ0n) is 16.3. The van der Waals surface area contributed by atoms with Crippen LogP contribution in [0.5, 0.6) is 5.75 Å². The van der Waals surface area contributed by atoms with Crippen LogP contribution in [-0.4, -0.2) is 13.0 Å². The summed E-state index contributed by atoms with van der Waals surface area (Å²) in [4.78, 5) is 28.6. The summed E-state index contributed by atoms with van der Waals surface area (Å²) in [6.45, 7) is 0. The highest BCUT2D eigenvalue weighted by Crippen LogP contribution is 2.42. The second-order valence-corrected chi connectivity index (χ2v) is 8.50. The number of rotatable bonds is 3. The summed E-state index contributed by atoms with van der Waals surface area (Å²) in [5, 5.41) is 0.766. The quantitative estimate of drug-likeness (QED) is 0.351. The van der Waals surface area contributed by atoms with E-state index < -0.39 is 6.04 Å². The summed E-state index contributed by atoms with van der Waals surface area (Å²) < 4.78 is 12.2. The molecule has 5 rings (SSSR count). The minimum absolute atomic E-state index is 0.0376. The lowest BCUT2D eigenvalue weighted by molar-refractivity contribution is 0.0971. The fraction of sp³-hybridized carbons (Fsp3) is 0.0833. The predicted octanol–water partition coefficient (Wildman–Crippen LogP) is 5.97. The molecule has 0 fully saturated rings. The van der Waals surface area contributed by atoms with Crippen LogP contribution in [0.25, 0.3) is 11.0 Å². The molecule has 0 radical (unpaired) electrons. The first-order valence-corrected chi connectivity index (χ1v) is 10.6. The minimum atomic E-state index is -0.651. The fourth-order valence-electron chi connectivity index (χ4n) is 3.93. The van der Waals surface area contributed by atoms with Gasteiger partial charge in [0.05, 0.1) is 24.1 Å². The lowest BCUT2D eigenvalue weighted by Gasteiger charge is -2.25. The Balaban J connectivity index is 1.81. The third-order valence-electron chi connectivity index (χ3n) is 5.35. The van der Waals surface area contributed by atoms with E-state index in [0.717, 1.165) is 10.0 Å². The molecular formula is C24H15BrClNO4. The summed E-state index contributed by atoms with van der Waals surface area (Å²) in [6, 6.07) is 18.8. The molecule has 1 atom stereocenters. The van der Waals surface area contributed by atoms with Gasteiger partial charge < -0.3 is 9.15 Å². The van der Waals surface area contributed by atoms with Gasteiger partial charge in [-0.3, -0.25) is 14.5 Å². The van der Waals surface area contributed by atoms with Gasteiger partial charge in [-0.15, -0.1) is 0 Å². The molecule has 2 heterocycles. The van der Waals surface area contributed by atoms with Gasteiger partial charge in [-0.1, -0.05) is 45.7 Å². The van der Waals surface area contributed by atoms with E-state index in [1.54, 1.807) is 54.5 Å². The van der Waals surface area contributed by atoms with Gasteiger partial charge in [0, 0.05) is 21.2 Å². The third kappa shape index (κ3) is 3.23. The summed E-state index contributed by atoms with van der Waals surface area (Å²) >= 11 is 9.56. The number of fused-ring (bicyclic) bond motifs is 2. The number of hydrogen-bond acceptors (Lipinski definition) is 4. The Labute approximate surface area is 190 Å². The van der Waals surface area contributed by atoms with Crippen LogP contribution in [0.1, 0.15) is 27.7 Å². The van der Waals surface area contributed by atoms with Gasteiger partial charge in [0.2, 0.25) is 5.76 Å². The van der Waals surface area contributed by atoms with Crippen LogP contribution in [0.4, 0.5) is 5.69 Å². The number of carbonyl (C=O) groups excluding carboxylic acids is 1. The SMILES string of the molecule is COc1cccc(N2C(=O)c3oc4ccc(Cl)cc4c(=O)c3C2c2ccc(Br)cc2)c1. The van der Waals surface area contributed by atoms with Crippen LogP contribution >= 0.6 is 27.5 Å². The second-order valence-electron chi connectivity index (χ2n) is 7.15. The molecule has 4 aromatic rings. The van der Waals surface area contributed by atoms with Crippen molar-refractivity contribution in [2.45, 2.75) is 6.04 Å². The van der Waals surface area contributed by atoms with Crippen molar-refractivity contribution in [3.05, 3.63) is 103 Å². The molecule has 1 amide bonds. The van der Waals surface area contributed by atoms with Crippen LogP contribution in [0.2, 0.25) is 5.02 Å². The van der Waals surface area contributed by atoms with Gasteiger partial charge in [-0.25, -0.2) is 0 Å². The Morgan fingerprint density at radius 1 is 1.03 bits per heavy atom.